The summed E-state index contributed by atoms with van der Waals surface area (Å²) in [5.74, 6) is -0.302. The number of hydrogen-bond acceptors (Lipinski definition) is 5. The SMILES string of the molecule is CN1C(=O)N(C)[C@]2(O)c3ccccc3/C(=N/N=C(N)N)[C@@]12O. The van der Waals surface area contributed by atoms with E-state index in [1.165, 1.54) is 14.1 Å². The van der Waals surface area contributed by atoms with Crippen molar-refractivity contribution in [2.75, 3.05) is 14.1 Å². The fourth-order valence-electron chi connectivity index (χ4n) is 3.07. The Hall–Kier alpha value is -2.65. The molecule has 1 aromatic rings. The molecule has 0 unspecified atom stereocenters. The molecule has 1 aromatic carbocycles. The Bertz CT molecular complexity index is 728. The minimum Gasteiger partial charge on any atom is -0.369 e. The number of hydrogen-bond donors (Lipinski definition) is 4. The van der Waals surface area contributed by atoms with Gasteiger partial charge in [-0.1, -0.05) is 24.3 Å². The zero-order valence-corrected chi connectivity index (χ0v) is 12.1. The molecule has 6 N–H and O–H groups in total. The van der Waals surface area contributed by atoms with Crippen molar-refractivity contribution in [3.8, 4) is 0 Å². The molecule has 0 saturated carbocycles. The van der Waals surface area contributed by atoms with Gasteiger partial charge in [0.05, 0.1) is 0 Å². The Morgan fingerprint density at radius 3 is 2.36 bits per heavy atom. The maximum atomic E-state index is 12.2. The molecule has 1 saturated heterocycles. The number of carbonyl (C=O) groups excluding carboxylic acids is 1. The van der Waals surface area contributed by atoms with Gasteiger partial charge in [-0.25, -0.2) is 4.79 Å². The second-order valence-corrected chi connectivity index (χ2v) is 5.26. The molecule has 0 bridgehead atoms. The molecule has 1 aliphatic carbocycles. The average molecular weight is 304 g/mol. The van der Waals surface area contributed by atoms with Crippen molar-refractivity contribution in [2.45, 2.75) is 11.4 Å². The summed E-state index contributed by atoms with van der Waals surface area (Å²) < 4.78 is 0. The minimum atomic E-state index is -2.10. The second kappa shape index (κ2) is 4.18. The van der Waals surface area contributed by atoms with Crippen LogP contribution in [-0.4, -0.2) is 57.5 Å². The molecule has 116 valence electrons. The van der Waals surface area contributed by atoms with E-state index >= 15 is 0 Å². The molecule has 3 rings (SSSR count). The second-order valence-electron chi connectivity index (χ2n) is 5.26. The van der Waals surface area contributed by atoms with Gasteiger partial charge in [-0.15, -0.1) is 10.2 Å². The number of amides is 2. The number of benzene rings is 1. The van der Waals surface area contributed by atoms with Gasteiger partial charge in [-0.3, -0.25) is 9.80 Å². The highest BCUT2D eigenvalue weighted by Crippen LogP contribution is 2.52. The highest BCUT2D eigenvalue weighted by atomic mass is 16.4. The van der Waals surface area contributed by atoms with Crippen LogP contribution < -0.4 is 11.5 Å². The monoisotopic (exact) mass is 304 g/mol. The Kier molecular flexibility index (Phi) is 2.72. The standard InChI is InChI=1S/C13H16N6O3/c1-18-11(20)19(2)13(22)9(16-17-10(14)15)7-5-3-4-6-8(7)12(13,18)21/h3-6,21-22H,1-2H3,(H4,14,15,17)/b16-9-/t12-,13-/m0/s1. The predicted octanol–water partition coefficient (Wildman–Crippen LogP) is -1.49. The number of carbonyl (C=O) groups is 1. The Balaban J connectivity index is 2.36. The maximum Gasteiger partial charge on any atom is 0.324 e. The van der Waals surface area contributed by atoms with E-state index in [2.05, 4.69) is 10.2 Å². The largest absolute Gasteiger partial charge is 0.369 e. The van der Waals surface area contributed by atoms with Crippen LogP contribution in [0.15, 0.2) is 34.5 Å². The number of nitrogens with zero attached hydrogens (tertiary/aromatic N) is 4. The lowest BCUT2D eigenvalue weighted by Gasteiger charge is -2.35. The fourth-order valence-corrected chi connectivity index (χ4v) is 3.07. The summed E-state index contributed by atoms with van der Waals surface area (Å²) >= 11 is 0. The summed E-state index contributed by atoms with van der Waals surface area (Å²) in [4.78, 5) is 14.3. The molecule has 9 nitrogen and oxygen atoms in total. The van der Waals surface area contributed by atoms with E-state index in [4.69, 9.17) is 11.5 Å². The molecule has 1 fully saturated rings. The van der Waals surface area contributed by atoms with Gasteiger partial charge in [-0.05, 0) is 0 Å². The first-order valence-electron chi connectivity index (χ1n) is 6.49. The summed E-state index contributed by atoms with van der Waals surface area (Å²) in [5, 5.41) is 29.7. The summed E-state index contributed by atoms with van der Waals surface area (Å²) in [7, 11) is 2.77. The topological polar surface area (TPSA) is 141 Å². The van der Waals surface area contributed by atoms with E-state index < -0.39 is 17.5 Å². The lowest BCUT2D eigenvalue weighted by atomic mass is 9.99. The van der Waals surface area contributed by atoms with E-state index in [1.807, 2.05) is 0 Å². The third-order valence-electron chi connectivity index (χ3n) is 4.18. The summed E-state index contributed by atoms with van der Waals surface area (Å²) in [5.41, 5.74) is 7.29. The van der Waals surface area contributed by atoms with E-state index in [1.54, 1.807) is 24.3 Å². The number of urea groups is 1. The summed E-state index contributed by atoms with van der Waals surface area (Å²) in [6.45, 7) is 0. The van der Waals surface area contributed by atoms with Gasteiger partial charge in [0.2, 0.25) is 17.4 Å². The lowest BCUT2D eigenvalue weighted by Crippen LogP contribution is -2.59. The average Bonchev–Trinajstić information content (AvgIpc) is 2.77. The molecule has 0 spiro atoms. The minimum absolute atomic E-state index is 0.000741. The van der Waals surface area contributed by atoms with Gasteiger partial charge in [0.25, 0.3) is 0 Å². The summed E-state index contributed by atoms with van der Waals surface area (Å²) in [6, 6.07) is 6.13. The van der Waals surface area contributed by atoms with Crippen LogP contribution in [0.2, 0.25) is 0 Å². The van der Waals surface area contributed by atoms with E-state index in [9.17, 15) is 15.0 Å². The van der Waals surface area contributed by atoms with Crippen molar-refractivity contribution in [3.63, 3.8) is 0 Å². The van der Waals surface area contributed by atoms with Gasteiger partial charge in [0.15, 0.2) is 0 Å². The summed E-state index contributed by atoms with van der Waals surface area (Å²) in [6.07, 6.45) is 0. The van der Waals surface area contributed by atoms with E-state index in [0.717, 1.165) is 9.80 Å². The van der Waals surface area contributed by atoms with Crippen LogP contribution in [-0.2, 0) is 5.72 Å². The molecule has 1 heterocycles. The normalized spacial score (nSPS) is 31.5. The molecule has 9 heteroatoms. The third-order valence-corrected chi connectivity index (χ3v) is 4.18. The van der Waals surface area contributed by atoms with Crippen molar-refractivity contribution in [1.82, 2.24) is 9.80 Å². The van der Waals surface area contributed by atoms with E-state index in [0.29, 0.717) is 11.1 Å². The zero-order valence-electron chi connectivity index (χ0n) is 12.1. The molecule has 0 aromatic heterocycles. The van der Waals surface area contributed by atoms with Gasteiger partial charge < -0.3 is 21.7 Å². The smallest absolute Gasteiger partial charge is 0.324 e. The van der Waals surface area contributed by atoms with Gasteiger partial charge in [-0.2, -0.15) is 0 Å². The van der Waals surface area contributed by atoms with Gasteiger partial charge >= 0.3 is 6.03 Å². The van der Waals surface area contributed by atoms with Crippen LogP contribution >= 0.6 is 0 Å². The van der Waals surface area contributed by atoms with Gasteiger partial charge in [0, 0.05) is 25.2 Å². The van der Waals surface area contributed by atoms with Gasteiger partial charge in [0.1, 0.15) is 5.71 Å². The Labute approximate surface area is 126 Å². The number of fused-ring (bicyclic) bond motifs is 3. The number of aliphatic hydroxyl groups is 2. The number of rotatable bonds is 1. The molecule has 1 aliphatic heterocycles. The van der Waals surface area contributed by atoms with E-state index in [-0.39, 0.29) is 11.7 Å². The number of guanidine groups is 1. The van der Waals surface area contributed by atoms with Crippen LogP contribution in [0.1, 0.15) is 11.1 Å². The van der Waals surface area contributed by atoms with Crippen molar-refractivity contribution >= 4 is 17.7 Å². The van der Waals surface area contributed by atoms with Crippen LogP contribution in [0.3, 0.4) is 0 Å². The third kappa shape index (κ3) is 1.36. The Morgan fingerprint density at radius 2 is 1.73 bits per heavy atom. The molecular formula is C13H16N6O3. The first-order valence-corrected chi connectivity index (χ1v) is 6.49. The highest BCUT2D eigenvalue weighted by Gasteiger charge is 2.72. The molecule has 2 aliphatic rings. The molecule has 2 atom stereocenters. The maximum absolute atomic E-state index is 12.2. The molecular weight excluding hydrogens is 288 g/mol. The quantitative estimate of drug-likeness (QED) is 0.284. The van der Waals surface area contributed by atoms with Crippen molar-refractivity contribution in [2.24, 2.45) is 21.7 Å². The molecule has 22 heavy (non-hydrogen) atoms. The predicted molar refractivity (Wildman–Crippen MR) is 78.6 cm³/mol. The van der Waals surface area contributed by atoms with Crippen LogP contribution in [0.5, 0.6) is 0 Å². The van der Waals surface area contributed by atoms with Crippen LogP contribution in [0, 0.1) is 0 Å². The number of nitrogens with two attached hydrogens (primary N) is 2. The van der Waals surface area contributed by atoms with Crippen LogP contribution in [0.4, 0.5) is 4.79 Å². The number of likely N-dealkylation sites (N-methyl/N-ethyl adjacent to an activating group) is 2. The first kappa shape index (κ1) is 14.3. The fraction of sp³-hybridized carbons (Fsp3) is 0.308. The van der Waals surface area contributed by atoms with Crippen molar-refractivity contribution in [3.05, 3.63) is 35.4 Å². The highest BCUT2D eigenvalue weighted by molar-refractivity contribution is 6.14. The zero-order chi connectivity index (χ0) is 16.3. The molecule has 0 radical (unpaired) electrons. The lowest BCUT2D eigenvalue weighted by molar-refractivity contribution is -0.184. The van der Waals surface area contributed by atoms with Crippen molar-refractivity contribution in [1.29, 1.82) is 0 Å². The van der Waals surface area contributed by atoms with Crippen LogP contribution in [0.25, 0.3) is 0 Å². The molecule has 2 amide bonds. The first-order chi connectivity index (χ1) is 10.3. The van der Waals surface area contributed by atoms with Crippen molar-refractivity contribution < 1.29 is 15.0 Å². The Morgan fingerprint density at radius 1 is 1.14 bits per heavy atom.